The maximum absolute atomic E-state index is 5.86. The van der Waals surface area contributed by atoms with Gasteiger partial charge in [-0.1, -0.05) is 38.5 Å². The monoisotopic (exact) mass is 170 g/mol. The highest BCUT2D eigenvalue weighted by Crippen LogP contribution is 2.10. The zero-order valence-electron chi connectivity index (χ0n) is 8.02. The van der Waals surface area contributed by atoms with Crippen LogP contribution in [0.2, 0.25) is 0 Å². The molecule has 0 bridgehead atoms. The summed E-state index contributed by atoms with van der Waals surface area (Å²) in [5, 5.41) is 3.36. The summed E-state index contributed by atoms with van der Waals surface area (Å²) in [5.74, 6) is 0. The molecule has 1 atom stereocenters. The highest BCUT2D eigenvalue weighted by molar-refractivity contribution is 4.61. The molecule has 0 spiro atoms. The van der Waals surface area contributed by atoms with Crippen molar-refractivity contribution in [1.29, 1.82) is 0 Å². The molecule has 2 heteroatoms. The van der Waals surface area contributed by atoms with Gasteiger partial charge in [0, 0.05) is 0 Å². The van der Waals surface area contributed by atoms with Crippen LogP contribution in [0.4, 0.5) is 0 Å². The molecule has 1 fully saturated rings. The Hall–Kier alpha value is -0.0800. The summed E-state index contributed by atoms with van der Waals surface area (Å²) in [6.45, 7) is 1.11. The second kappa shape index (κ2) is 6.44. The lowest BCUT2D eigenvalue weighted by molar-refractivity contribution is 0.470. The Morgan fingerprint density at radius 2 is 1.42 bits per heavy atom. The molecule has 0 saturated carbocycles. The molecule has 1 heterocycles. The van der Waals surface area contributed by atoms with E-state index in [1.54, 1.807) is 0 Å². The number of hydrogen-bond acceptors (Lipinski definition) is 2. The Bertz CT molecular complexity index is 92.0. The van der Waals surface area contributed by atoms with E-state index >= 15 is 0 Å². The van der Waals surface area contributed by atoms with Gasteiger partial charge in [-0.2, -0.15) is 0 Å². The van der Waals surface area contributed by atoms with Gasteiger partial charge < -0.3 is 11.1 Å². The van der Waals surface area contributed by atoms with Crippen LogP contribution in [-0.4, -0.2) is 12.7 Å². The summed E-state index contributed by atoms with van der Waals surface area (Å²) in [5.41, 5.74) is 5.86. The van der Waals surface area contributed by atoms with Crippen molar-refractivity contribution in [3.63, 3.8) is 0 Å². The SMILES string of the molecule is NC1CCCCCCCCCN1. The van der Waals surface area contributed by atoms with Crippen molar-refractivity contribution in [3.05, 3.63) is 0 Å². The van der Waals surface area contributed by atoms with Gasteiger partial charge in [0.25, 0.3) is 0 Å². The number of rotatable bonds is 0. The largest absolute Gasteiger partial charge is 0.316 e. The first-order valence-electron chi connectivity index (χ1n) is 5.38. The third-order valence-corrected chi connectivity index (χ3v) is 2.60. The van der Waals surface area contributed by atoms with Crippen LogP contribution in [0, 0.1) is 0 Å². The smallest absolute Gasteiger partial charge is 0.0546 e. The van der Waals surface area contributed by atoms with E-state index in [9.17, 15) is 0 Å². The molecular weight excluding hydrogens is 148 g/mol. The van der Waals surface area contributed by atoms with Crippen molar-refractivity contribution in [2.45, 2.75) is 57.5 Å². The number of hydrogen-bond donors (Lipinski definition) is 2. The quantitative estimate of drug-likeness (QED) is 0.583. The molecule has 0 aromatic carbocycles. The van der Waals surface area contributed by atoms with Gasteiger partial charge in [-0.25, -0.2) is 0 Å². The molecule has 1 rings (SSSR count). The summed E-state index contributed by atoms with van der Waals surface area (Å²) in [7, 11) is 0. The molecule has 3 N–H and O–H groups in total. The van der Waals surface area contributed by atoms with E-state index in [0.29, 0.717) is 0 Å². The van der Waals surface area contributed by atoms with E-state index in [2.05, 4.69) is 5.32 Å². The average molecular weight is 170 g/mol. The van der Waals surface area contributed by atoms with Gasteiger partial charge in [0.2, 0.25) is 0 Å². The summed E-state index contributed by atoms with van der Waals surface area (Å²) < 4.78 is 0. The first-order chi connectivity index (χ1) is 5.89. The van der Waals surface area contributed by atoms with E-state index < -0.39 is 0 Å². The minimum absolute atomic E-state index is 0.253. The molecule has 12 heavy (non-hydrogen) atoms. The van der Waals surface area contributed by atoms with Gasteiger partial charge in [-0.3, -0.25) is 0 Å². The predicted octanol–water partition coefficient (Wildman–Crippen LogP) is 2.00. The van der Waals surface area contributed by atoms with E-state index in [-0.39, 0.29) is 6.17 Å². The van der Waals surface area contributed by atoms with E-state index in [1.807, 2.05) is 0 Å². The van der Waals surface area contributed by atoms with Crippen LogP contribution >= 0.6 is 0 Å². The lowest BCUT2D eigenvalue weighted by Crippen LogP contribution is -2.37. The second-order valence-corrected chi connectivity index (χ2v) is 3.82. The summed E-state index contributed by atoms with van der Waals surface area (Å²) in [4.78, 5) is 0. The first kappa shape index (κ1) is 10.0. The molecule has 72 valence electrons. The molecule has 0 radical (unpaired) electrons. The van der Waals surface area contributed by atoms with Gasteiger partial charge in [0.05, 0.1) is 6.17 Å². The van der Waals surface area contributed by atoms with Crippen LogP contribution < -0.4 is 11.1 Å². The van der Waals surface area contributed by atoms with Gasteiger partial charge in [0.15, 0.2) is 0 Å². The third kappa shape index (κ3) is 4.73. The van der Waals surface area contributed by atoms with Crippen LogP contribution in [0.15, 0.2) is 0 Å². The fourth-order valence-electron chi connectivity index (χ4n) is 1.76. The van der Waals surface area contributed by atoms with Crippen molar-refractivity contribution in [2.24, 2.45) is 5.73 Å². The standard InChI is InChI=1S/C10H22N2/c11-10-8-6-4-2-1-3-5-7-9-12-10/h10,12H,1-9,11H2. The molecule has 1 saturated heterocycles. The van der Waals surface area contributed by atoms with Gasteiger partial charge in [0.1, 0.15) is 0 Å². The second-order valence-electron chi connectivity index (χ2n) is 3.82. The normalized spacial score (nSPS) is 29.2. The maximum Gasteiger partial charge on any atom is 0.0546 e. The fraction of sp³-hybridized carbons (Fsp3) is 1.00. The fourth-order valence-corrected chi connectivity index (χ4v) is 1.76. The van der Waals surface area contributed by atoms with Crippen LogP contribution in [0.1, 0.15) is 51.4 Å². The third-order valence-electron chi connectivity index (χ3n) is 2.60. The Morgan fingerprint density at radius 3 is 2.17 bits per heavy atom. The minimum Gasteiger partial charge on any atom is -0.316 e. The van der Waals surface area contributed by atoms with Gasteiger partial charge in [-0.05, 0) is 19.4 Å². The van der Waals surface area contributed by atoms with Crippen molar-refractivity contribution in [2.75, 3.05) is 6.54 Å². The lowest BCUT2D eigenvalue weighted by atomic mass is 10.1. The van der Waals surface area contributed by atoms with Crippen LogP contribution in [0.25, 0.3) is 0 Å². The Morgan fingerprint density at radius 1 is 0.833 bits per heavy atom. The van der Waals surface area contributed by atoms with Crippen molar-refractivity contribution >= 4 is 0 Å². The molecule has 0 aromatic heterocycles. The minimum atomic E-state index is 0.253. The Balaban J connectivity index is 2.13. The molecule has 1 aliphatic heterocycles. The molecule has 0 aliphatic carbocycles. The van der Waals surface area contributed by atoms with E-state index in [1.165, 1.54) is 44.9 Å². The number of nitrogens with two attached hydrogens (primary N) is 1. The Labute approximate surface area is 75.9 Å². The zero-order chi connectivity index (χ0) is 8.65. The molecular formula is C10H22N2. The molecule has 2 nitrogen and oxygen atoms in total. The average Bonchev–Trinajstić information content (AvgIpc) is 2.11. The van der Waals surface area contributed by atoms with E-state index in [0.717, 1.165) is 13.0 Å². The summed E-state index contributed by atoms with van der Waals surface area (Å²) >= 11 is 0. The Kier molecular flexibility index (Phi) is 5.37. The van der Waals surface area contributed by atoms with Crippen LogP contribution in [-0.2, 0) is 0 Å². The van der Waals surface area contributed by atoms with E-state index in [4.69, 9.17) is 5.73 Å². The molecule has 1 aliphatic rings. The van der Waals surface area contributed by atoms with Gasteiger partial charge >= 0.3 is 0 Å². The highest BCUT2D eigenvalue weighted by Gasteiger charge is 2.02. The molecule has 0 aromatic rings. The molecule has 0 amide bonds. The van der Waals surface area contributed by atoms with Crippen molar-refractivity contribution in [3.8, 4) is 0 Å². The summed E-state index contributed by atoms with van der Waals surface area (Å²) in [6, 6.07) is 0. The highest BCUT2D eigenvalue weighted by atomic mass is 15.0. The summed E-state index contributed by atoms with van der Waals surface area (Å²) in [6.07, 6.45) is 11.0. The maximum atomic E-state index is 5.86. The van der Waals surface area contributed by atoms with Crippen molar-refractivity contribution in [1.82, 2.24) is 5.32 Å². The van der Waals surface area contributed by atoms with Crippen LogP contribution in [0.3, 0.4) is 0 Å². The predicted molar refractivity (Wildman–Crippen MR) is 52.9 cm³/mol. The first-order valence-corrected chi connectivity index (χ1v) is 5.38. The van der Waals surface area contributed by atoms with Gasteiger partial charge in [-0.15, -0.1) is 0 Å². The topological polar surface area (TPSA) is 38.0 Å². The lowest BCUT2D eigenvalue weighted by Gasteiger charge is -2.12. The molecule has 1 unspecified atom stereocenters. The number of nitrogens with one attached hydrogen (secondary N) is 1. The zero-order valence-corrected chi connectivity index (χ0v) is 8.02. The van der Waals surface area contributed by atoms with Crippen molar-refractivity contribution < 1.29 is 0 Å². The van der Waals surface area contributed by atoms with Crippen LogP contribution in [0.5, 0.6) is 0 Å².